The molecule has 0 aliphatic carbocycles. The molecule has 3 heterocycles. The summed E-state index contributed by atoms with van der Waals surface area (Å²) in [5.74, 6) is 1.21. The molecule has 1 fully saturated rings. The van der Waals surface area contributed by atoms with Gasteiger partial charge in [-0.2, -0.15) is 0 Å². The molecular formula is C18H19ClN4O2S2. The van der Waals surface area contributed by atoms with Gasteiger partial charge in [-0.15, -0.1) is 21.5 Å². The molecule has 27 heavy (non-hydrogen) atoms. The maximum Gasteiger partial charge on any atom is 0.233 e. The molecule has 1 amide bonds. The maximum absolute atomic E-state index is 12.4. The van der Waals surface area contributed by atoms with Crippen LogP contribution in [0, 0.1) is 0 Å². The van der Waals surface area contributed by atoms with Gasteiger partial charge in [0.25, 0.3) is 0 Å². The van der Waals surface area contributed by atoms with Crippen LogP contribution in [-0.4, -0.2) is 57.6 Å². The fourth-order valence-corrected chi connectivity index (χ4v) is 5.45. The van der Waals surface area contributed by atoms with Crippen LogP contribution >= 0.6 is 34.7 Å². The zero-order valence-electron chi connectivity index (χ0n) is 14.9. The van der Waals surface area contributed by atoms with Gasteiger partial charge in [0.15, 0.2) is 11.0 Å². The number of benzene rings is 1. The lowest BCUT2D eigenvalue weighted by Gasteiger charge is -2.26. The summed E-state index contributed by atoms with van der Waals surface area (Å²) in [5, 5.41) is 11.2. The molecule has 0 saturated carbocycles. The number of thioether (sulfide) groups is 1. The zero-order chi connectivity index (χ0) is 18.8. The first-order valence-electron chi connectivity index (χ1n) is 8.78. The van der Waals surface area contributed by atoms with E-state index in [1.807, 2.05) is 34.6 Å². The Bertz CT molecular complexity index is 966. The largest absolute Gasteiger partial charge is 0.378 e. The van der Waals surface area contributed by atoms with E-state index in [0.717, 1.165) is 25.9 Å². The van der Waals surface area contributed by atoms with E-state index in [4.69, 9.17) is 16.3 Å². The van der Waals surface area contributed by atoms with Crippen LogP contribution in [0.4, 0.5) is 0 Å². The average Bonchev–Trinajstić information content (AvgIpc) is 3.27. The number of hydrogen-bond acceptors (Lipinski definition) is 6. The normalized spacial score (nSPS) is 14.8. The molecular weight excluding hydrogens is 404 g/mol. The van der Waals surface area contributed by atoms with E-state index < -0.39 is 0 Å². The molecule has 0 spiro atoms. The van der Waals surface area contributed by atoms with Crippen molar-refractivity contribution in [3.8, 4) is 10.7 Å². The predicted octanol–water partition coefficient (Wildman–Crippen LogP) is 3.78. The van der Waals surface area contributed by atoms with Crippen molar-refractivity contribution in [2.24, 2.45) is 0 Å². The van der Waals surface area contributed by atoms with Crippen molar-refractivity contribution in [2.45, 2.75) is 18.6 Å². The molecule has 3 aromatic rings. The summed E-state index contributed by atoms with van der Waals surface area (Å²) in [6.07, 6.45) is 0. The van der Waals surface area contributed by atoms with Gasteiger partial charge in [-0.05, 0) is 13.0 Å². The van der Waals surface area contributed by atoms with Gasteiger partial charge in [-0.25, -0.2) is 0 Å². The molecule has 0 bridgehead atoms. The van der Waals surface area contributed by atoms with Gasteiger partial charge in [0.1, 0.15) is 0 Å². The topological polar surface area (TPSA) is 60.2 Å². The van der Waals surface area contributed by atoms with Crippen molar-refractivity contribution >= 4 is 50.7 Å². The van der Waals surface area contributed by atoms with Gasteiger partial charge >= 0.3 is 0 Å². The number of ether oxygens (including phenoxy) is 1. The number of nitrogens with zero attached hydrogens (tertiary/aromatic N) is 4. The summed E-state index contributed by atoms with van der Waals surface area (Å²) in [6, 6.07) is 8.05. The highest BCUT2D eigenvalue weighted by atomic mass is 35.5. The fraction of sp³-hybridized carbons (Fsp3) is 0.389. The maximum atomic E-state index is 12.4. The summed E-state index contributed by atoms with van der Waals surface area (Å²) in [7, 11) is 0. The molecule has 0 unspecified atom stereocenters. The van der Waals surface area contributed by atoms with E-state index in [1.165, 1.54) is 11.8 Å². The van der Waals surface area contributed by atoms with Gasteiger partial charge in [0, 0.05) is 29.7 Å². The number of aromatic nitrogens is 3. The zero-order valence-corrected chi connectivity index (χ0v) is 17.2. The molecule has 0 radical (unpaired) electrons. The Balaban J connectivity index is 1.56. The molecule has 4 rings (SSSR count). The third kappa shape index (κ3) is 3.71. The minimum atomic E-state index is 0.107. The summed E-state index contributed by atoms with van der Waals surface area (Å²) < 4.78 is 8.45. The number of halogens is 1. The van der Waals surface area contributed by atoms with Crippen molar-refractivity contribution in [3.05, 3.63) is 29.3 Å². The van der Waals surface area contributed by atoms with Gasteiger partial charge in [0.05, 0.1) is 28.9 Å². The highest BCUT2D eigenvalue weighted by Crippen LogP contribution is 2.41. The fourth-order valence-electron chi connectivity index (χ4n) is 3.04. The first-order chi connectivity index (χ1) is 13.2. The minimum Gasteiger partial charge on any atom is -0.378 e. The number of thiophene rings is 1. The van der Waals surface area contributed by atoms with Crippen molar-refractivity contribution < 1.29 is 9.53 Å². The molecule has 0 atom stereocenters. The van der Waals surface area contributed by atoms with E-state index in [1.54, 1.807) is 11.3 Å². The number of hydrogen-bond donors (Lipinski definition) is 0. The Kier molecular flexibility index (Phi) is 5.68. The van der Waals surface area contributed by atoms with Crippen LogP contribution in [-0.2, 0) is 16.1 Å². The van der Waals surface area contributed by atoms with E-state index in [9.17, 15) is 4.79 Å². The lowest BCUT2D eigenvalue weighted by molar-refractivity contribution is -0.132. The summed E-state index contributed by atoms with van der Waals surface area (Å²) in [4.78, 5) is 15.1. The van der Waals surface area contributed by atoms with Gasteiger partial charge in [0.2, 0.25) is 5.91 Å². The first-order valence-corrected chi connectivity index (χ1v) is 11.0. The van der Waals surface area contributed by atoms with Crippen LogP contribution in [0.1, 0.15) is 6.92 Å². The number of fused-ring (bicyclic) bond motifs is 1. The van der Waals surface area contributed by atoms with Crippen molar-refractivity contribution in [2.75, 3.05) is 32.1 Å². The van der Waals surface area contributed by atoms with E-state index in [2.05, 4.69) is 16.3 Å². The highest BCUT2D eigenvalue weighted by molar-refractivity contribution is 7.99. The average molecular weight is 423 g/mol. The Morgan fingerprint density at radius 3 is 2.81 bits per heavy atom. The standard InChI is InChI=1S/C18H19ClN4O2S2/c1-2-23-17(16-15(19)12-5-3-4-6-13(12)27-16)20-21-18(23)26-11-14(24)22-7-9-25-10-8-22/h3-6H,2,7-11H2,1H3. The van der Waals surface area contributed by atoms with Crippen LogP contribution in [0.25, 0.3) is 20.8 Å². The van der Waals surface area contributed by atoms with Gasteiger partial charge in [-0.1, -0.05) is 41.6 Å². The Morgan fingerprint density at radius 2 is 2.07 bits per heavy atom. The Hall–Kier alpha value is -1.61. The quantitative estimate of drug-likeness (QED) is 0.585. The number of amides is 1. The molecule has 1 aromatic carbocycles. The van der Waals surface area contributed by atoms with Crippen molar-refractivity contribution in [1.82, 2.24) is 19.7 Å². The van der Waals surface area contributed by atoms with Crippen LogP contribution in [0.5, 0.6) is 0 Å². The second-order valence-electron chi connectivity index (χ2n) is 6.07. The van der Waals surface area contributed by atoms with E-state index >= 15 is 0 Å². The number of carbonyl (C=O) groups excluding carboxylic acids is 1. The molecule has 1 saturated heterocycles. The Labute approximate surface area is 170 Å². The summed E-state index contributed by atoms with van der Waals surface area (Å²) in [5.41, 5.74) is 0. The second kappa shape index (κ2) is 8.18. The lowest BCUT2D eigenvalue weighted by atomic mass is 10.2. The predicted molar refractivity (Wildman–Crippen MR) is 110 cm³/mol. The summed E-state index contributed by atoms with van der Waals surface area (Å²) in [6.45, 7) is 5.28. The molecule has 142 valence electrons. The van der Waals surface area contributed by atoms with Crippen LogP contribution < -0.4 is 0 Å². The molecule has 6 nitrogen and oxygen atoms in total. The SMILES string of the molecule is CCn1c(SCC(=O)N2CCOCC2)nnc1-c1sc2ccccc2c1Cl. The third-order valence-electron chi connectivity index (χ3n) is 4.46. The smallest absolute Gasteiger partial charge is 0.233 e. The third-order valence-corrected chi connectivity index (χ3v) is 7.08. The highest BCUT2D eigenvalue weighted by Gasteiger charge is 2.22. The van der Waals surface area contributed by atoms with Gasteiger partial charge in [-0.3, -0.25) is 4.79 Å². The Morgan fingerprint density at radius 1 is 1.30 bits per heavy atom. The van der Waals surface area contributed by atoms with Crippen LogP contribution in [0.2, 0.25) is 5.02 Å². The number of morpholine rings is 1. The molecule has 9 heteroatoms. The number of rotatable bonds is 5. The van der Waals surface area contributed by atoms with Crippen LogP contribution in [0.3, 0.4) is 0 Å². The molecule has 0 N–H and O–H groups in total. The minimum absolute atomic E-state index is 0.107. The van der Waals surface area contributed by atoms with E-state index in [-0.39, 0.29) is 5.91 Å². The first kappa shape index (κ1) is 18.7. The van der Waals surface area contributed by atoms with Crippen molar-refractivity contribution in [1.29, 1.82) is 0 Å². The summed E-state index contributed by atoms with van der Waals surface area (Å²) >= 11 is 9.64. The van der Waals surface area contributed by atoms with Crippen LogP contribution in [0.15, 0.2) is 29.4 Å². The van der Waals surface area contributed by atoms with Crippen molar-refractivity contribution in [3.63, 3.8) is 0 Å². The monoisotopic (exact) mass is 422 g/mol. The van der Waals surface area contributed by atoms with E-state index in [0.29, 0.717) is 43.6 Å². The molecule has 1 aliphatic heterocycles. The second-order valence-corrected chi connectivity index (χ2v) is 8.45. The molecule has 1 aliphatic rings. The lowest BCUT2D eigenvalue weighted by Crippen LogP contribution is -2.41. The number of carbonyl (C=O) groups is 1. The molecule has 2 aromatic heterocycles. The van der Waals surface area contributed by atoms with Gasteiger partial charge < -0.3 is 14.2 Å².